The number of nitro benzene ring substituents is 2. The van der Waals surface area contributed by atoms with Gasteiger partial charge in [0.05, 0.1) is 50.8 Å². The van der Waals surface area contributed by atoms with Crippen LogP contribution >= 0.6 is 0 Å². The summed E-state index contributed by atoms with van der Waals surface area (Å²) in [5, 5.41) is 24.0. The number of benzene rings is 2. The highest BCUT2D eigenvalue weighted by Gasteiger charge is 2.21. The summed E-state index contributed by atoms with van der Waals surface area (Å²) in [6, 6.07) is 3.42. The van der Waals surface area contributed by atoms with Gasteiger partial charge in [-0.2, -0.15) is 13.7 Å². The molecule has 0 atom stereocenters. The number of aromatic amines is 2. The number of halogens is 1. The second-order valence-corrected chi connectivity index (χ2v) is 12.5. The average Bonchev–Trinajstić information content (AvgIpc) is 2.93. The summed E-state index contributed by atoms with van der Waals surface area (Å²) >= 11 is 0. The summed E-state index contributed by atoms with van der Waals surface area (Å²) < 4.78 is 63.5. The molecule has 248 valence electrons. The van der Waals surface area contributed by atoms with Crippen molar-refractivity contribution < 1.29 is 35.8 Å². The van der Waals surface area contributed by atoms with Crippen molar-refractivity contribution in [3.8, 4) is 0 Å². The zero-order valence-electron chi connectivity index (χ0n) is 23.5. The quantitative estimate of drug-likeness (QED) is 0.0711. The number of hydrogen-bond donors (Lipinski definition) is 5. The van der Waals surface area contributed by atoms with Crippen molar-refractivity contribution >= 4 is 58.9 Å². The van der Waals surface area contributed by atoms with E-state index in [4.69, 9.17) is 4.74 Å². The van der Waals surface area contributed by atoms with E-state index < -0.39 is 69.3 Å². The monoisotopic (exact) mass is 691 g/mol. The first-order valence-corrected chi connectivity index (χ1v) is 15.8. The van der Waals surface area contributed by atoms with Crippen LogP contribution in [0.15, 0.2) is 43.4 Å². The summed E-state index contributed by atoms with van der Waals surface area (Å²) in [7, 11) is -6.36. The van der Waals surface area contributed by atoms with E-state index in [-0.39, 0.29) is 50.3 Å². The van der Waals surface area contributed by atoms with Crippen LogP contribution in [0, 0.1) is 26.0 Å². The summed E-state index contributed by atoms with van der Waals surface area (Å²) in [6.07, 6.45) is 1.48. The number of methoxy groups -OCH3 is 1. The molecule has 0 saturated carbocycles. The Morgan fingerprint density at radius 2 is 1.24 bits per heavy atom. The van der Waals surface area contributed by atoms with Crippen LogP contribution in [-0.4, -0.2) is 78.8 Å². The van der Waals surface area contributed by atoms with Crippen molar-refractivity contribution in [2.24, 2.45) is 0 Å². The molecule has 2 heterocycles. The maximum atomic E-state index is 13.5. The molecule has 0 amide bonds. The molecule has 0 fully saturated rings. The van der Waals surface area contributed by atoms with Crippen molar-refractivity contribution in [2.75, 3.05) is 47.8 Å². The minimum Gasteiger partial charge on any atom is -0.383 e. The minimum absolute atomic E-state index is 0.0320. The van der Waals surface area contributed by atoms with Crippen LogP contribution in [0.3, 0.4) is 0 Å². The molecular formula is C21H22FN9O13S2. The number of aromatic nitrogens is 4. The molecular weight excluding hydrogens is 669 g/mol. The van der Waals surface area contributed by atoms with Gasteiger partial charge in [0.25, 0.3) is 16.8 Å². The highest BCUT2D eigenvalue weighted by atomic mass is 32.2. The second-order valence-electron chi connectivity index (χ2n) is 9.07. The summed E-state index contributed by atoms with van der Waals surface area (Å²) in [4.78, 5) is 75.6. The summed E-state index contributed by atoms with van der Waals surface area (Å²) in [5.41, 5.74) is -5.99. The van der Waals surface area contributed by atoms with Gasteiger partial charge in [0.2, 0.25) is 25.9 Å². The molecule has 0 aliphatic carbocycles. The number of sulfonamides is 2. The van der Waals surface area contributed by atoms with E-state index in [1.165, 1.54) is 13.2 Å². The predicted molar refractivity (Wildman–Crippen MR) is 160 cm³/mol. The first-order valence-electron chi connectivity index (χ1n) is 12.0. The number of H-pyrrole nitrogens is 2. The van der Waals surface area contributed by atoms with Crippen molar-refractivity contribution in [2.45, 2.75) is 0 Å². The van der Waals surface area contributed by atoms with E-state index in [0.717, 1.165) is 12.3 Å². The molecule has 4 aromatic rings. The van der Waals surface area contributed by atoms with Gasteiger partial charge in [0.1, 0.15) is 5.69 Å². The van der Waals surface area contributed by atoms with E-state index in [0.29, 0.717) is 18.4 Å². The highest BCUT2D eigenvalue weighted by Crippen LogP contribution is 2.27. The fraction of sp³-hybridized carbons (Fsp3) is 0.238. The van der Waals surface area contributed by atoms with E-state index >= 15 is 0 Å². The third kappa shape index (κ3) is 8.07. The minimum atomic E-state index is -3.93. The number of fused-ring (bicyclic) bond motifs is 2. The Kier molecular flexibility index (Phi) is 9.93. The third-order valence-corrected chi connectivity index (χ3v) is 6.54. The Bertz CT molecular complexity index is 2350. The van der Waals surface area contributed by atoms with E-state index in [1.54, 1.807) is 9.66 Å². The molecule has 0 spiro atoms. The average molecular weight is 692 g/mol. The van der Waals surface area contributed by atoms with Gasteiger partial charge in [-0.05, 0) is 12.1 Å². The molecule has 46 heavy (non-hydrogen) atoms. The zero-order valence-corrected chi connectivity index (χ0v) is 25.1. The van der Waals surface area contributed by atoms with Crippen LogP contribution in [0.5, 0.6) is 0 Å². The first kappa shape index (κ1) is 34.8. The van der Waals surface area contributed by atoms with Gasteiger partial charge in [0, 0.05) is 25.8 Å². The molecule has 2 aromatic carbocycles. The Morgan fingerprint density at radius 1 is 0.804 bits per heavy atom. The predicted octanol–water partition coefficient (Wildman–Crippen LogP) is -1.60. The molecule has 0 bridgehead atoms. The Hall–Kier alpha value is -5.69. The lowest BCUT2D eigenvalue weighted by atomic mass is 10.2. The molecule has 25 heteroatoms. The van der Waals surface area contributed by atoms with Crippen molar-refractivity contribution in [3.63, 3.8) is 0 Å². The number of anilines is 1. The summed E-state index contributed by atoms with van der Waals surface area (Å²) in [6.45, 7) is 0.503. The van der Waals surface area contributed by atoms with E-state index in [1.807, 2.05) is 0 Å². The SMILES string of the molecule is COCCNc1cc2c(=O)n(NS(C)(=O)=O)c(=O)[nH]c2cc1[N+](=O)[O-].CS(=O)(=O)Nn1c(=O)[nH]c2cc([N+](=O)[O-])c(F)cc2c1=O. The van der Waals surface area contributed by atoms with Gasteiger partial charge >= 0.3 is 17.1 Å². The van der Waals surface area contributed by atoms with E-state index in [2.05, 4.69) is 15.3 Å². The van der Waals surface area contributed by atoms with Crippen LogP contribution in [0.4, 0.5) is 21.5 Å². The Balaban J connectivity index is 0.000000254. The van der Waals surface area contributed by atoms with Crippen molar-refractivity contribution in [1.82, 2.24) is 19.3 Å². The van der Waals surface area contributed by atoms with Gasteiger partial charge in [-0.3, -0.25) is 29.8 Å². The number of hydrogen-bond acceptors (Lipinski definition) is 14. The molecule has 5 N–H and O–H groups in total. The normalized spacial score (nSPS) is 11.5. The highest BCUT2D eigenvalue weighted by molar-refractivity contribution is 7.91. The first-order chi connectivity index (χ1) is 21.2. The largest absolute Gasteiger partial charge is 0.383 e. The fourth-order valence-electron chi connectivity index (χ4n) is 3.70. The smallest absolute Gasteiger partial charge is 0.348 e. The maximum Gasteiger partial charge on any atom is 0.348 e. The number of nitrogens with zero attached hydrogens (tertiary/aromatic N) is 4. The maximum absolute atomic E-state index is 13.5. The lowest BCUT2D eigenvalue weighted by Crippen LogP contribution is -2.43. The lowest BCUT2D eigenvalue weighted by molar-refractivity contribution is -0.387. The molecule has 0 aliphatic heterocycles. The van der Waals surface area contributed by atoms with Crippen LogP contribution < -0.4 is 37.5 Å². The van der Waals surface area contributed by atoms with E-state index in [9.17, 15) is 60.6 Å². The van der Waals surface area contributed by atoms with Gasteiger partial charge < -0.3 is 20.0 Å². The van der Waals surface area contributed by atoms with Crippen molar-refractivity contribution in [1.29, 1.82) is 0 Å². The molecule has 0 saturated heterocycles. The fourth-order valence-corrected chi connectivity index (χ4v) is 4.69. The molecule has 4 rings (SSSR count). The molecule has 22 nitrogen and oxygen atoms in total. The van der Waals surface area contributed by atoms with Gasteiger partial charge in [0.15, 0.2) is 0 Å². The number of nitro groups is 2. The second kappa shape index (κ2) is 13.1. The van der Waals surface area contributed by atoms with Crippen LogP contribution in [0.2, 0.25) is 0 Å². The van der Waals surface area contributed by atoms with Gasteiger partial charge in [-0.1, -0.05) is 0 Å². The Morgan fingerprint density at radius 3 is 1.65 bits per heavy atom. The van der Waals surface area contributed by atoms with Gasteiger partial charge in [-0.15, -0.1) is 0 Å². The molecule has 0 radical (unpaired) electrons. The zero-order chi connectivity index (χ0) is 34.7. The van der Waals surface area contributed by atoms with Gasteiger partial charge in [-0.25, -0.2) is 36.1 Å². The summed E-state index contributed by atoms with van der Waals surface area (Å²) in [5.74, 6) is -1.29. The number of ether oxygens (including phenoxy) is 1. The standard InChI is InChI=1S/C12H15N5O7S.C9H7FN4O6S/c1-24-4-3-13-9-5-7-8(6-10(9)17(20)21)14-12(19)16(11(7)18)15-25(2,22)23;1-21(19,20)12-13-8(15)4-2-5(10)7(14(17)18)3-6(4)11-9(13)16/h5-6,13,15H,3-4H2,1-2H3,(H,14,19);2-3,12H,1H3,(H,11,16). The van der Waals surface area contributed by atoms with Crippen LogP contribution in [0.25, 0.3) is 21.8 Å². The third-order valence-electron chi connectivity index (χ3n) is 5.51. The number of nitrogens with one attached hydrogen (secondary N) is 5. The number of rotatable bonds is 10. The molecule has 0 unspecified atom stereocenters. The van der Waals surface area contributed by atoms with Crippen LogP contribution in [0.1, 0.15) is 0 Å². The Labute approximate surface area is 253 Å². The topological polar surface area (TPSA) is 310 Å². The van der Waals surface area contributed by atoms with Crippen LogP contribution in [-0.2, 0) is 24.8 Å². The van der Waals surface area contributed by atoms with Crippen molar-refractivity contribution in [3.05, 3.63) is 92.0 Å². The lowest BCUT2D eigenvalue weighted by Gasteiger charge is -2.10. The molecule has 2 aromatic heterocycles. The molecule has 0 aliphatic rings.